The highest BCUT2D eigenvalue weighted by molar-refractivity contribution is 6.00. The maximum absolute atomic E-state index is 12.2. The molecule has 3 nitrogen and oxygen atoms in total. The number of hydrogen-bond acceptors (Lipinski definition) is 2. The van der Waals surface area contributed by atoms with Crippen LogP contribution in [-0.2, 0) is 12.8 Å². The van der Waals surface area contributed by atoms with Gasteiger partial charge in [0.1, 0.15) is 0 Å². The molecule has 22 heavy (non-hydrogen) atoms. The van der Waals surface area contributed by atoms with Crippen LogP contribution in [0.5, 0.6) is 0 Å². The number of carbonyl (C=O) groups is 1. The van der Waals surface area contributed by atoms with Crippen LogP contribution in [0.4, 0.5) is 0 Å². The molecule has 0 amide bonds. The van der Waals surface area contributed by atoms with E-state index in [-0.39, 0.29) is 11.3 Å². The molecule has 0 unspecified atom stereocenters. The lowest BCUT2D eigenvalue weighted by atomic mass is 10.0. The second-order valence-electron chi connectivity index (χ2n) is 5.80. The summed E-state index contributed by atoms with van der Waals surface area (Å²) in [7, 11) is 0. The first-order valence-corrected chi connectivity index (χ1v) is 7.47. The highest BCUT2D eigenvalue weighted by Gasteiger charge is 2.19. The average molecular weight is 289 g/mol. The van der Waals surface area contributed by atoms with Crippen LogP contribution >= 0.6 is 0 Å². The van der Waals surface area contributed by atoms with Gasteiger partial charge in [-0.15, -0.1) is 0 Å². The predicted molar refractivity (Wildman–Crippen MR) is 86.5 cm³/mol. The topological polar surface area (TPSA) is 49.9 Å². The minimum atomic E-state index is -0.0643. The Morgan fingerprint density at radius 2 is 1.82 bits per heavy atom. The maximum atomic E-state index is 12.2. The Morgan fingerprint density at radius 1 is 0.955 bits per heavy atom. The molecule has 0 aliphatic heterocycles. The zero-order chi connectivity index (χ0) is 15.1. The van der Waals surface area contributed by atoms with Crippen molar-refractivity contribution in [3.05, 3.63) is 81.1 Å². The van der Waals surface area contributed by atoms with Gasteiger partial charge in [0.15, 0.2) is 5.78 Å². The summed E-state index contributed by atoms with van der Waals surface area (Å²) >= 11 is 0. The zero-order valence-corrected chi connectivity index (χ0v) is 12.1. The molecular weight excluding hydrogens is 274 g/mol. The number of fused-ring (bicyclic) bond motifs is 2. The Hall–Kier alpha value is -2.68. The lowest BCUT2D eigenvalue weighted by molar-refractivity contribution is 0.0994. The minimum Gasteiger partial charge on any atom is -0.322 e. The van der Waals surface area contributed by atoms with E-state index in [4.69, 9.17) is 0 Å². The van der Waals surface area contributed by atoms with Crippen molar-refractivity contribution < 1.29 is 4.79 Å². The standard InChI is InChI=1S/C19H15NO2/c21-18-8-7-13-6-5-12(10-16(13)18)9-15-11-14-3-1-2-4-17(14)20-19(15)22/h1-6,10-11H,7-9H2,(H,20,22). The molecule has 1 N–H and O–H groups in total. The Labute approximate surface area is 127 Å². The zero-order valence-electron chi connectivity index (χ0n) is 12.1. The largest absolute Gasteiger partial charge is 0.322 e. The summed E-state index contributed by atoms with van der Waals surface area (Å²) in [6.07, 6.45) is 1.99. The van der Waals surface area contributed by atoms with E-state index in [2.05, 4.69) is 4.98 Å². The Kier molecular flexibility index (Phi) is 2.93. The Morgan fingerprint density at radius 3 is 2.73 bits per heavy atom. The molecular formula is C19H15NO2. The van der Waals surface area contributed by atoms with Gasteiger partial charge in [-0.2, -0.15) is 0 Å². The van der Waals surface area contributed by atoms with E-state index in [1.54, 1.807) is 0 Å². The van der Waals surface area contributed by atoms with E-state index >= 15 is 0 Å². The van der Waals surface area contributed by atoms with Crippen LogP contribution in [0.25, 0.3) is 10.9 Å². The van der Waals surface area contributed by atoms with Crippen molar-refractivity contribution in [2.45, 2.75) is 19.3 Å². The summed E-state index contributed by atoms with van der Waals surface area (Å²) in [5.74, 6) is 0.212. The minimum absolute atomic E-state index is 0.0643. The molecule has 1 aromatic heterocycles. The lowest BCUT2D eigenvalue weighted by Gasteiger charge is -2.06. The summed E-state index contributed by atoms with van der Waals surface area (Å²) in [6.45, 7) is 0. The van der Waals surface area contributed by atoms with Crippen LogP contribution in [0.15, 0.2) is 53.3 Å². The normalized spacial score (nSPS) is 13.5. The van der Waals surface area contributed by atoms with Gasteiger partial charge in [-0.3, -0.25) is 9.59 Å². The van der Waals surface area contributed by atoms with Gasteiger partial charge in [-0.1, -0.05) is 30.3 Å². The summed E-state index contributed by atoms with van der Waals surface area (Å²) < 4.78 is 0. The fourth-order valence-electron chi connectivity index (χ4n) is 3.14. The number of aryl methyl sites for hydroxylation is 1. The summed E-state index contributed by atoms with van der Waals surface area (Å²) in [5.41, 5.74) is 4.47. The Balaban J connectivity index is 1.75. The summed E-state index contributed by atoms with van der Waals surface area (Å²) in [5, 5.41) is 1.02. The quantitative estimate of drug-likeness (QED) is 0.787. The number of hydrogen-bond donors (Lipinski definition) is 1. The van der Waals surface area contributed by atoms with Crippen LogP contribution in [0.1, 0.15) is 33.5 Å². The Bertz CT molecular complexity index is 953. The number of rotatable bonds is 2. The molecule has 4 rings (SSSR count). The molecule has 1 aliphatic rings. The van der Waals surface area contributed by atoms with E-state index in [0.717, 1.165) is 39.6 Å². The smallest absolute Gasteiger partial charge is 0.251 e. The van der Waals surface area contributed by atoms with Crippen molar-refractivity contribution in [3.63, 3.8) is 0 Å². The van der Waals surface area contributed by atoms with Gasteiger partial charge in [0, 0.05) is 29.5 Å². The third kappa shape index (κ3) is 2.15. The number of aromatic amines is 1. The first kappa shape index (κ1) is 13.0. The van der Waals surface area contributed by atoms with Crippen LogP contribution in [0.3, 0.4) is 0 Å². The highest BCUT2D eigenvalue weighted by atomic mass is 16.1. The number of pyridine rings is 1. The molecule has 0 bridgehead atoms. The van der Waals surface area contributed by atoms with Gasteiger partial charge >= 0.3 is 0 Å². The second-order valence-corrected chi connectivity index (χ2v) is 5.80. The summed E-state index contributed by atoms with van der Waals surface area (Å²) in [6, 6.07) is 15.7. The van der Waals surface area contributed by atoms with Crippen LogP contribution < -0.4 is 5.56 Å². The molecule has 0 atom stereocenters. The third-order valence-corrected chi connectivity index (χ3v) is 4.32. The number of aromatic nitrogens is 1. The molecule has 0 spiro atoms. The average Bonchev–Trinajstić information content (AvgIpc) is 2.89. The van der Waals surface area contributed by atoms with Gasteiger partial charge in [0.2, 0.25) is 0 Å². The van der Waals surface area contributed by atoms with Gasteiger partial charge in [-0.05, 0) is 41.1 Å². The molecule has 0 saturated heterocycles. The molecule has 3 aromatic rings. The molecule has 2 aromatic carbocycles. The molecule has 3 heteroatoms. The molecule has 0 radical (unpaired) electrons. The number of Topliss-reactive ketones (excluding diaryl/α,β-unsaturated/α-hetero) is 1. The van der Waals surface area contributed by atoms with Crippen LogP contribution in [0.2, 0.25) is 0 Å². The monoisotopic (exact) mass is 289 g/mol. The number of nitrogens with one attached hydrogen (secondary N) is 1. The first-order chi connectivity index (χ1) is 10.7. The fourth-order valence-corrected chi connectivity index (χ4v) is 3.14. The van der Waals surface area contributed by atoms with Gasteiger partial charge in [0.05, 0.1) is 0 Å². The molecule has 1 aliphatic carbocycles. The van der Waals surface area contributed by atoms with Gasteiger partial charge in [0.25, 0.3) is 5.56 Å². The van der Waals surface area contributed by atoms with Crippen molar-refractivity contribution >= 4 is 16.7 Å². The highest BCUT2D eigenvalue weighted by Crippen LogP contribution is 2.24. The molecule has 1 heterocycles. The molecule has 0 saturated carbocycles. The summed E-state index contributed by atoms with van der Waals surface area (Å²) in [4.78, 5) is 27.0. The van der Waals surface area contributed by atoms with E-state index in [1.807, 2.05) is 48.5 Å². The number of carbonyl (C=O) groups excluding carboxylic acids is 1. The number of H-pyrrole nitrogens is 1. The van der Waals surface area contributed by atoms with Gasteiger partial charge < -0.3 is 4.98 Å². The van der Waals surface area contributed by atoms with Crippen molar-refractivity contribution in [1.82, 2.24) is 4.98 Å². The van der Waals surface area contributed by atoms with Crippen molar-refractivity contribution in [1.29, 1.82) is 0 Å². The predicted octanol–water partition coefficient (Wildman–Crippen LogP) is 3.25. The number of benzene rings is 2. The van der Waals surface area contributed by atoms with Crippen molar-refractivity contribution in [3.8, 4) is 0 Å². The van der Waals surface area contributed by atoms with Crippen LogP contribution in [-0.4, -0.2) is 10.8 Å². The number of ketones is 1. The SMILES string of the molecule is O=C1CCc2ccc(Cc3cc4ccccc4[nH]c3=O)cc21. The van der Waals surface area contributed by atoms with E-state index in [1.165, 1.54) is 0 Å². The van der Waals surface area contributed by atoms with Gasteiger partial charge in [-0.25, -0.2) is 0 Å². The molecule has 108 valence electrons. The molecule has 0 fully saturated rings. The van der Waals surface area contributed by atoms with Crippen molar-refractivity contribution in [2.24, 2.45) is 0 Å². The first-order valence-electron chi connectivity index (χ1n) is 7.47. The number of para-hydroxylation sites is 1. The van der Waals surface area contributed by atoms with Crippen LogP contribution in [0, 0.1) is 0 Å². The fraction of sp³-hybridized carbons (Fsp3) is 0.158. The van der Waals surface area contributed by atoms with E-state index in [0.29, 0.717) is 12.8 Å². The van der Waals surface area contributed by atoms with Crippen molar-refractivity contribution in [2.75, 3.05) is 0 Å². The maximum Gasteiger partial charge on any atom is 0.251 e. The van der Waals surface area contributed by atoms with E-state index in [9.17, 15) is 9.59 Å². The lowest BCUT2D eigenvalue weighted by Crippen LogP contribution is -2.12. The third-order valence-electron chi connectivity index (χ3n) is 4.32. The second kappa shape index (κ2) is 4.95. The van der Waals surface area contributed by atoms with E-state index < -0.39 is 0 Å².